The fraction of sp³-hybridized carbons (Fsp3) is 0.0714. The predicted molar refractivity (Wildman–Crippen MR) is 144 cm³/mol. The zero-order valence-corrected chi connectivity index (χ0v) is 19.5. The van der Waals surface area contributed by atoms with Gasteiger partial charge >= 0.3 is 0 Å². The van der Waals surface area contributed by atoms with Crippen molar-refractivity contribution in [2.45, 2.75) is 6.54 Å². The second-order valence-electron chi connectivity index (χ2n) is 8.18. The lowest BCUT2D eigenvalue weighted by Crippen LogP contribution is -2.02. The number of allylic oxidation sites excluding steroid dienone is 1. The summed E-state index contributed by atoms with van der Waals surface area (Å²) in [6, 6.07) is 17.7. The molecule has 0 saturated carbocycles. The molecule has 0 aliphatic carbocycles. The number of H-pyrrole nitrogens is 1. The number of aliphatic imine (C=N–C) groups is 1. The van der Waals surface area contributed by atoms with Crippen LogP contribution in [0, 0.1) is 11.3 Å². The number of pyridine rings is 1. The van der Waals surface area contributed by atoms with E-state index in [4.69, 9.17) is 21.0 Å². The van der Waals surface area contributed by atoms with E-state index in [1.807, 2.05) is 36.7 Å². The van der Waals surface area contributed by atoms with Gasteiger partial charge in [0.2, 0.25) is 0 Å². The van der Waals surface area contributed by atoms with Crippen LogP contribution in [0.2, 0.25) is 0 Å². The van der Waals surface area contributed by atoms with E-state index in [0.29, 0.717) is 24.4 Å². The molecule has 3 aromatic heterocycles. The van der Waals surface area contributed by atoms with E-state index in [1.54, 1.807) is 24.4 Å². The van der Waals surface area contributed by atoms with Crippen LogP contribution in [0.15, 0.2) is 97.0 Å². The number of anilines is 1. The maximum Gasteiger partial charge on any atom is 0.112 e. The molecule has 0 aliphatic heterocycles. The first-order valence-corrected chi connectivity index (χ1v) is 11.4. The molecule has 0 amide bonds. The molecule has 0 radical (unpaired) electrons. The number of benzene rings is 2. The molecule has 8 heteroatoms. The van der Waals surface area contributed by atoms with Crippen LogP contribution >= 0.6 is 0 Å². The number of aromatic nitrogens is 4. The molecule has 5 aromatic rings. The standard InChI is InChI=1S/C28H24N8/c1-2-11-31-26-18-36(23-8-7-21-17-34-35-25(21)13-23)27-12-22(16-33-28(26)27)24(9-10-29)32-15-20-5-3-19(14-30)4-6-20/h2-10,12-13,16-18,31H,1,11,15,29H2,(H,34,35)/b10-9-,32-24?. The molecule has 0 unspecified atom stereocenters. The molecule has 5 rings (SSSR count). The summed E-state index contributed by atoms with van der Waals surface area (Å²) >= 11 is 0. The number of aromatic amines is 1. The summed E-state index contributed by atoms with van der Waals surface area (Å²) in [6.45, 7) is 4.88. The number of nitrogens with zero attached hydrogens (tertiary/aromatic N) is 5. The molecule has 2 aromatic carbocycles. The first-order chi connectivity index (χ1) is 17.7. The minimum absolute atomic E-state index is 0.451. The lowest BCUT2D eigenvalue weighted by Gasteiger charge is -2.08. The molecule has 0 atom stereocenters. The number of nitriles is 1. The number of hydrogen-bond acceptors (Lipinski definition) is 6. The van der Waals surface area contributed by atoms with E-state index in [2.05, 4.69) is 50.9 Å². The van der Waals surface area contributed by atoms with Crippen LogP contribution in [0.5, 0.6) is 0 Å². The number of nitrogens with two attached hydrogens (primary N) is 1. The van der Waals surface area contributed by atoms with Crippen LogP contribution in [-0.4, -0.2) is 32.0 Å². The molecule has 176 valence electrons. The van der Waals surface area contributed by atoms with Gasteiger partial charge < -0.3 is 15.6 Å². The Morgan fingerprint density at radius 1 is 1.19 bits per heavy atom. The van der Waals surface area contributed by atoms with Gasteiger partial charge in [0.1, 0.15) is 5.52 Å². The van der Waals surface area contributed by atoms with Crippen molar-refractivity contribution in [2.24, 2.45) is 10.7 Å². The average molecular weight is 473 g/mol. The maximum absolute atomic E-state index is 9.02. The first kappa shape index (κ1) is 22.6. The van der Waals surface area contributed by atoms with Crippen LogP contribution in [0.4, 0.5) is 5.69 Å². The summed E-state index contributed by atoms with van der Waals surface area (Å²) in [5, 5.41) is 20.6. The summed E-state index contributed by atoms with van der Waals surface area (Å²) in [5.74, 6) is 0. The summed E-state index contributed by atoms with van der Waals surface area (Å²) in [7, 11) is 0. The van der Waals surface area contributed by atoms with Crippen LogP contribution in [-0.2, 0) is 6.54 Å². The Morgan fingerprint density at radius 2 is 2.06 bits per heavy atom. The van der Waals surface area contributed by atoms with E-state index in [0.717, 1.165) is 44.4 Å². The van der Waals surface area contributed by atoms with Crippen LogP contribution in [0.3, 0.4) is 0 Å². The summed E-state index contributed by atoms with van der Waals surface area (Å²) < 4.78 is 2.10. The smallest absolute Gasteiger partial charge is 0.112 e. The molecule has 4 N–H and O–H groups in total. The summed E-state index contributed by atoms with van der Waals surface area (Å²) in [4.78, 5) is 9.57. The molecule has 0 fully saturated rings. The van der Waals surface area contributed by atoms with Crippen molar-refractivity contribution in [2.75, 3.05) is 11.9 Å². The Morgan fingerprint density at radius 3 is 2.83 bits per heavy atom. The van der Waals surface area contributed by atoms with Crippen molar-refractivity contribution < 1.29 is 0 Å². The third-order valence-electron chi connectivity index (χ3n) is 5.85. The van der Waals surface area contributed by atoms with Gasteiger partial charge in [0, 0.05) is 35.6 Å². The maximum atomic E-state index is 9.02. The predicted octanol–water partition coefficient (Wildman–Crippen LogP) is 4.83. The third kappa shape index (κ3) is 4.45. The Bertz CT molecular complexity index is 1650. The minimum atomic E-state index is 0.451. The Balaban J connectivity index is 1.58. The Kier molecular flexibility index (Phi) is 6.28. The highest BCUT2D eigenvalue weighted by molar-refractivity contribution is 6.10. The molecular weight excluding hydrogens is 448 g/mol. The lowest BCUT2D eigenvalue weighted by molar-refractivity contribution is 1.07. The van der Waals surface area contributed by atoms with Crippen molar-refractivity contribution >= 4 is 33.3 Å². The van der Waals surface area contributed by atoms with E-state index in [-0.39, 0.29) is 0 Å². The first-order valence-electron chi connectivity index (χ1n) is 11.4. The minimum Gasteiger partial charge on any atom is -0.405 e. The van der Waals surface area contributed by atoms with Gasteiger partial charge in [0.25, 0.3) is 0 Å². The molecule has 36 heavy (non-hydrogen) atoms. The fourth-order valence-electron chi connectivity index (χ4n) is 4.04. The van der Waals surface area contributed by atoms with Gasteiger partial charge in [-0.05, 0) is 54.2 Å². The van der Waals surface area contributed by atoms with E-state index in [9.17, 15) is 0 Å². The average Bonchev–Trinajstić information content (AvgIpc) is 3.54. The van der Waals surface area contributed by atoms with Crippen LogP contribution in [0.25, 0.3) is 27.6 Å². The Labute approximate surface area is 208 Å². The van der Waals surface area contributed by atoms with Gasteiger partial charge in [0.05, 0.1) is 46.8 Å². The van der Waals surface area contributed by atoms with Crippen molar-refractivity contribution in [1.29, 1.82) is 5.26 Å². The van der Waals surface area contributed by atoms with E-state index < -0.39 is 0 Å². The van der Waals surface area contributed by atoms with Gasteiger partial charge in [-0.2, -0.15) is 10.4 Å². The van der Waals surface area contributed by atoms with Crippen molar-refractivity contribution in [3.8, 4) is 11.8 Å². The van der Waals surface area contributed by atoms with Crippen molar-refractivity contribution in [3.63, 3.8) is 0 Å². The van der Waals surface area contributed by atoms with Gasteiger partial charge in [-0.1, -0.05) is 18.2 Å². The third-order valence-corrected chi connectivity index (χ3v) is 5.85. The number of hydrogen-bond donors (Lipinski definition) is 3. The molecule has 0 bridgehead atoms. The summed E-state index contributed by atoms with van der Waals surface area (Å²) in [5.41, 5.74) is 13.5. The number of fused-ring (bicyclic) bond motifs is 2. The number of nitrogens with one attached hydrogen (secondary N) is 2. The zero-order valence-electron chi connectivity index (χ0n) is 19.5. The van der Waals surface area contributed by atoms with Crippen LogP contribution in [0.1, 0.15) is 16.7 Å². The lowest BCUT2D eigenvalue weighted by atomic mass is 10.1. The van der Waals surface area contributed by atoms with Gasteiger partial charge in [-0.15, -0.1) is 6.58 Å². The normalized spacial score (nSPS) is 11.8. The topological polar surface area (TPSA) is 121 Å². The van der Waals surface area contributed by atoms with Gasteiger partial charge in [0.15, 0.2) is 0 Å². The molecule has 8 nitrogen and oxygen atoms in total. The highest BCUT2D eigenvalue weighted by Gasteiger charge is 2.14. The second kappa shape index (κ2) is 9.99. The second-order valence-corrected chi connectivity index (χ2v) is 8.18. The Hall–Kier alpha value is -5.16. The monoisotopic (exact) mass is 472 g/mol. The zero-order chi connectivity index (χ0) is 24.9. The van der Waals surface area contributed by atoms with E-state index >= 15 is 0 Å². The molecular formula is C28H24N8. The van der Waals surface area contributed by atoms with Crippen LogP contribution < -0.4 is 11.1 Å². The van der Waals surface area contributed by atoms with Crippen molar-refractivity contribution in [1.82, 2.24) is 19.7 Å². The fourth-order valence-corrected chi connectivity index (χ4v) is 4.04. The SMILES string of the molecule is C=CCNc1cn(-c2ccc3cn[nH]c3c2)c2cc(C(/C=C\N)=NCc3ccc(C#N)cc3)cnc12. The number of rotatable bonds is 8. The highest BCUT2D eigenvalue weighted by atomic mass is 15.1. The molecule has 0 spiro atoms. The quantitative estimate of drug-likeness (QED) is 0.221. The molecule has 3 heterocycles. The van der Waals surface area contributed by atoms with Gasteiger partial charge in [-0.25, -0.2) is 0 Å². The summed E-state index contributed by atoms with van der Waals surface area (Å²) in [6.07, 6.45) is 10.7. The molecule has 0 aliphatic rings. The van der Waals surface area contributed by atoms with Crippen molar-refractivity contribution in [3.05, 3.63) is 109 Å². The molecule has 0 saturated heterocycles. The largest absolute Gasteiger partial charge is 0.405 e. The van der Waals surface area contributed by atoms with E-state index in [1.165, 1.54) is 6.20 Å². The van der Waals surface area contributed by atoms with Gasteiger partial charge in [-0.3, -0.25) is 15.1 Å². The highest BCUT2D eigenvalue weighted by Crippen LogP contribution is 2.29.